The Labute approximate surface area is 206 Å². The van der Waals surface area contributed by atoms with E-state index in [0.717, 1.165) is 44.7 Å². The fourth-order valence-corrected chi connectivity index (χ4v) is 5.50. The maximum atomic E-state index is 5.10. The minimum absolute atomic E-state index is 0.895. The topological polar surface area (TPSA) is 35.1 Å². The van der Waals surface area contributed by atoms with Gasteiger partial charge in [-0.15, -0.1) is 0 Å². The molecule has 8 rings (SSSR count). The molecule has 0 aliphatic heterocycles. The molecule has 5 aromatic carbocycles. The van der Waals surface area contributed by atoms with Gasteiger partial charge in [-0.3, -0.25) is 4.40 Å². The smallest absolute Gasteiger partial charge is 0.149 e. The predicted octanol–water partition coefficient (Wildman–Crippen LogP) is 7.80. The normalized spacial score (nSPS) is 11.9. The van der Waals surface area contributed by atoms with Crippen LogP contribution in [0, 0.1) is 0 Å². The SMILES string of the molecule is c1ccc2c(c1)nc(-c1ccc(-n3c4ccccc4c4ccccc43)cc1)n1c3ccccc3nc21. The first-order valence-corrected chi connectivity index (χ1v) is 12.1. The number of imidazole rings is 1. The Balaban J connectivity index is 1.38. The molecule has 0 saturated heterocycles. The lowest BCUT2D eigenvalue weighted by atomic mass is 10.1. The number of rotatable bonds is 2. The van der Waals surface area contributed by atoms with Gasteiger partial charge in [0.05, 0.1) is 27.6 Å². The zero-order valence-corrected chi connectivity index (χ0v) is 19.3. The maximum Gasteiger partial charge on any atom is 0.149 e. The summed E-state index contributed by atoms with van der Waals surface area (Å²) in [5.41, 5.74) is 8.51. The van der Waals surface area contributed by atoms with E-state index in [1.165, 1.54) is 21.8 Å². The van der Waals surface area contributed by atoms with Gasteiger partial charge in [0.15, 0.2) is 0 Å². The Morgan fingerprint density at radius 2 is 1.00 bits per heavy atom. The zero-order chi connectivity index (χ0) is 23.6. The van der Waals surface area contributed by atoms with Crippen molar-refractivity contribution in [2.75, 3.05) is 0 Å². The molecule has 0 saturated carbocycles. The molecule has 3 heterocycles. The molecule has 0 fully saturated rings. The molecule has 0 aliphatic carbocycles. The number of hydrogen-bond donors (Lipinski definition) is 0. The summed E-state index contributed by atoms with van der Waals surface area (Å²) in [4.78, 5) is 10.1. The molecule has 0 N–H and O–H groups in total. The average molecular weight is 461 g/mol. The van der Waals surface area contributed by atoms with E-state index in [4.69, 9.17) is 9.97 Å². The Morgan fingerprint density at radius 1 is 0.444 bits per heavy atom. The summed E-state index contributed by atoms with van der Waals surface area (Å²) in [6.45, 7) is 0. The number of fused-ring (bicyclic) bond motifs is 8. The van der Waals surface area contributed by atoms with Gasteiger partial charge in [0, 0.05) is 27.4 Å². The summed E-state index contributed by atoms with van der Waals surface area (Å²) < 4.78 is 4.53. The minimum Gasteiger partial charge on any atom is -0.309 e. The van der Waals surface area contributed by atoms with Crippen LogP contribution < -0.4 is 0 Å². The first-order chi connectivity index (χ1) is 17.9. The van der Waals surface area contributed by atoms with Gasteiger partial charge in [-0.05, 0) is 60.7 Å². The van der Waals surface area contributed by atoms with Crippen molar-refractivity contribution in [2.45, 2.75) is 0 Å². The van der Waals surface area contributed by atoms with Crippen molar-refractivity contribution in [3.05, 3.63) is 121 Å². The number of para-hydroxylation sites is 5. The second-order valence-electron chi connectivity index (χ2n) is 9.13. The number of nitrogens with zero attached hydrogens (tertiary/aromatic N) is 4. The monoisotopic (exact) mass is 460 g/mol. The molecule has 0 spiro atoms. The molecule has 0 amide bonds. The summed E-state index contributed by atoms with van der Waals surface area (Å²) in [6, 6.07) is 42.4. The summed E-state index contributed by atoms with van der Waals surface area (Å²) in [7, 11) is 0. The Hall–Kier alpha value is -4.96. The molecular formula is C32H20N4. The molecule has 0 radical (unpaired) electrons. The molecule has 4 heteroatoms. The molecule has 3 aromatic heterocycles. The highest BCUT2D eigenvalue weighted by Gasteiger charge is 2.16. The maximum absolute atomic E-state index is 5.10. The highest BCUT2D eigenvalue weighted by molar-refractivity contribution is 6.09. The van der Waals surface area contributed by atoms with E-state index in [9.17, 15) is 0 Å². The first kappa shape index (κ1) is 19.4. The van der Waals surface area contributed by atoms with E-state index in [-0.39, 0.29) is 0 Å². The van der Waals surface area contributed by atoms with Crippen LogP contribution >= 0.6 is 0 Å². The second-order valence-corrected chi connectivity index (χ2v) is 9.13. The first-order valence-electron chi connectivity index (χ1n) is 12.1. The van der Waals surface area contributed by atoms with Crippen molar-refractivity contribution in [1.29, 1.82) is 0 Å². The fraction of sp³-hybridized carbons (Fsp3) is 0. The molecule has 0 bridgehead atoms. The zero-order valence-electron chi connectivity index (χ0n) is 19.3. The van der Waals surface area contributed by atoms with Crippen molar-refractivity contribution in [3.63, 3.8) is 0 Å². The van der Waals surface area contributed by atoms with Gasteiger partial charge in [0.25, 0.3) is 0 Å². The van der Waals surface area contributed by atoms with E-state index in [1.54, 1.807) is 0 Å². The molecule has 4 nitrogen and oxygen atoms in total. The second kappa shape index (κ2) is 7.27. The highest BCUT2D eigenvalue weighted by atomic mass is 15.1. The van der Waals surface area contributed by atoms with Gasteiger partial charge in [-0.1, -0.05) is 60.7 Å². The van der Waals surface area contributed by atoms with Gasteiger partial charge in [-0.25, -0.2) is 9.97 Å². The van der Waals surface area contributed by atoms with E-state index in [0.29, 0.717) is 0 Å². The quantitative estimate of drug-likeness (QED) is 0.264. The highest BCUT2D eigenvalue weighted by Crippen LogP contribution is 2.33. The van der Waals surface area contributed by atoms with Gasteiger partial charge in [-0.2, -0.15) is 0 Å². The van der Waals surface area contributed by atoms with Gasteiger partial charge < -0.3 is 4.57 Å². The Kier molecular flexibility index (Phi) is 3.91. The van der Waals surface area contributed by atoms with Crippen LogP contribution in [0.1, 0.15) is 0 Å². The summed E-state index contributed by atoms with van der Waals surface area (Å²) >= 11 is 0. The van der Waals surface area contributed by atoms with Gasteiger partial charge in [0.1, 0.15) is 11.5 Å². The van der Waals surface area contributed by atoms with E-state index >= 15 is 0 Å². The third-order valence-corrected chi connectivity index (χ3v) is 7.11. The van der Waals surface area contributed by atoms with Gasteiger partial charge >= 0.3 is 0 Å². The van der Waals surface area contributed by atoms with E-state index in [2.05, 4.69) is 112 Å². The van der Waals surface area contributed by atoms with Crippen LogP contribution in [0.4, 0.5) is 0 Å². The molecule has 0 unspecified atom stereocenters. The van der Waals surface area contributed by atoms with E-state index in [1.807, 2.05) is 18.2 Å². The third kappa shape index (κ3) is 2.64. The average Bonchev–Trinajstić information content (AvgIpc) is 3.50. The lowest BCUT2D eigenvalue weighted by Crippen LogP contribution is -1.99. The van der Waals surface area contributed by atoms with Crippen molar-refractivity contribution in [1.82, 2.24) is 18.9 Å². The number of aromatic nitrogens is 4. The van der Waals surface area contributed by atoms with Crippen LogP contribution in [0.2, 0.25) is 0 Å². The molecule has 8 aromatic rings. The minimum atomic E-state index is 0.895. The largest absolute Gasteiger partial charge is 0.309 e. The van der Waals surface area contributed by atoms with Crippen LogP contribution in [-0.4, -0.2) is 18.9 Å². The number of hydrogen-bond acceptors (Lipinski definition) is 2. The third-order valence-electron chi connectivity index (χ3n) is 7.11. The van der Waals surface area contributed by atoms with Gasteiger partial charge in [0.2, 0.25) is 0 Å². The summed E-state index contributed by atoms with van der Waals surface area (Å²) in [6.07, 6.45) is 0. The van der Waals surface area contributed by atoms with Crippen LogP contribution in [0.3, 0.4) is 0 Å². The fourth-order valence-electron chi connectivity index (χ4n) is 5.50. The molecule has 168 valence electrons. The molecule has 0 atom stereocenters. The lowest BCUT2D eigenvalue weighted by molar-refractivity contribution is 1.15. The van der Waals surface area contributed by atoms with Crippen LogP contribution in [0.15, 0.2) is 121 Å². The van der Waals surface area contributed by atoms with Crippen LogP contribution in [0.25, 0.3) is 66.5 Å². The van der Waals surface area contributed by atoms with Crippen molar-refractivity contribution in [3.8, 4) is 17.1 Å². The predicted molar refractivity (Wildman–Crippen MR) is 148 cm³/mol. The Morgan fingerprint density at radius 3 is 1.69 bits per heavy atom. The van der Waals surface area contributed by atoms with Crippen LogP contribution in [0.5, 0.6) is 0 Å². The lowest BCUT2D eigenvalue weighted by Gasteiger charge is -2.11. The van der Waals surface area contributed by atoms with E-state index < -0.39 is 0 Å². The molecule has 36 heavy (non-hydrogen) atoms. The summed E-state index contributed by atoms with van der Waals surface area (Å²) in [5.74, 6) is 0.895. The summed E-state index contributed by atoms with van der Waals surface area (Å²) in [5, 5.41) is 3.58. The number of benzene rings is 5. The molecular weight excluding hydrogens is 440 g/mol. The molecule has 0 aliphatic rings. The van der Waals surface area contributed by atoms with Crippen molar-refractivity contribution < 1.29 is 0 Å². The van der Waals surface area contributed by atoms with Crippen LogP contribution in [-0.2, 0) is 0 Å². The van der Waals surface area contributed by atoms with Crippen molar-refractivity contribution in [2.24, 2.45) is 0 Å². The standard InChI is InChI=1S/C32H20N4/c1-4-12-26-25(11-1)32-34-27-13-5-8-16-30(27)36(32)31(33-26)21-17-19-22(20-18-21)35-28-14-6-2-9-23(28)24-10-3-7-15-29(24)35/h1-20H. The van der Waals surface area contributed by atoms with Crippen molar-refractivity contribution >= 4 is 49.4 Å². The Bertz CT molecular complexity index is 2040.